The maximum absolute atomic E-state index is 11.7. The van der Waals surface area contributed by atoms with Gasteiger partial charge in [-0.15, -0.1) is 0 Å². The van der Waals surface area contributed by atoms with E-state index < -0.39 is 6.10 Å². The highest BCUT2D eigenvalue weighted by Gasteiger charge is 2.24. The minimum Gasteiger partial charge on any atom is -0.370 e. The molecule has 0 fully saturated rings. The summed E-state index contributed by atoms with van der Waals surface area (Å²) in [7, 11) is 0. The summed E-state index contributed by atoms with van der Waals surface area (Å²) in [6.45, 7) is 7.86. The Hall–Kier alpha value is -1.48. The van der Waals surface area contributed by atoms with Crippen LogP contribution in [0.1, 0.15) is 25.3 Å². The lowest BCUT2D eigenvalue weighted by Gasteiger charge is -2.21. The van der Waals surface area contributed by atoms with Crippen LogP contribution in [-0.2, 0) is 9.53 Å². The van der Waals surface area contributed by atoms with Crippen LogP contribution in [-0.4, -0.2) is 23.5 Å². The molecule has 0 spiro atoms. The first-order valence-electron chi connectivity index (χ1n) is 5.38. The molecule has 0 N–H and O–H groups in total. The third-order valence-electron chi connectivity index (χ3n) is 2.51. The van der Waals surface area contributed by atoms with Gasteiger partial charge in [-0.3, -0.25) is 9.78 Å². The van der Waals surface area contributed by atoms with Crippen molar-refractivity contribution in [1.29, 1.82) is 0 Å². The van der Waals surface area contributed by atoms with E-state index in [1.807, 2.05) is 26.0 Å². The van der Waals surface area contributed by atoms with Gasteiger partial charge in [-0.25, -0.2) is 0 Å². The second-order valence-corrected chi connectivity index (χ2v) is 3.55. The van der Waals surface area contributed by atoms with Crippen molar-refractivity contribution in [2.45, 2.75) is 25.9 Å². The number of hydrogen-bond donors (Lipinski definition) is 0. The van der Waals surface area contributed by atoms with Crippen LogP contribution in [0.5, 0.6) is 0 Å². The molecule has 3 nitrogen and oxygen atoms in total. The standard InChI is InChI=1S/C13H17NO2/c1-4-12(15)13(16-5-2)10(3)11-6-8-14-9-7-11/h4,6-10,13H,1,5H2,2-3H3. The third-order valence-corrected chi connectivity index (χ3v) is 2.51. The number of hydrogen-bond acceptors (Lipinski definition) is 3. The number of ether oxygens (including phenoxy) is 1. The molecule has 3 heteroatoms. The normalized spacial score (nSPS) is 14.1. The zero-order valence-electron chi connectivity index (χ0n) is 9.72. The Morgan fingerprint density at radius 2 is 2.19 bits per heavy atom. The Morgan fingerprint density at radius 3 is 2.69 bits per heavy atom. The highest BCUT2D eigenvalue weighted by atomic mass is 16.5. The van der Waals surface area contributed by atoms with E-state index in [-0.39, 0.29) is 11.7 Å². The fraction of sp³-hybridized carbons (Fsp3) is 0.385. The average molecular weight is 219 g/mol. The summed E-state index contributed by atoms with van der Waals surface area (Å²) in [4.78, 5) is 15.6. The Labute approximate surface area is 96.2 Å². The molecule has 1 aromatic heterocycles. The van der Waals surface area contributed by atoms with Crippen LogP contribution in [0.25, 0.3) is 0 Å². The molecule has 1 heterocycles. The molecular formula is C13H17NO2. The molecule has 0 aliphatic carbocycles. The van der Waals surface area contributed by atoms with Gasteiger partial charge in [0.05, 0.1) is 0 Å². The SMILES string of the molecule is C=CC(=O)C(OCC)C(C)c1ccncc1. The van der Waals surface area contributed by atoms with Gasteiger partial charge < -0.3 is 4.74 Å². The van der Waals surface area contributed by atoms with E-state index in [1.54, 1.807) is 12.4 Å². The number of aromatic nitrogens is 1. The molecule has 16 heavy (non-hydrogen) atoms. The summed E-state index contributed by atoms with van der Waals surface area (Å²) in [6.07, 6.45) is 4.29. The molecule has 86 valence electrons. The fourth-order valence-electron chi connectivity index (χ4n) is 1.61. The first-order chi connectivity index (χ1) is 7.70. The topological polar surface area (TPSA) is 39.2 Å². The lowest BCUT2D eigenvalue weighted by molar-refractivity contribution is -0.126. The third kappa shape index (κ3) is 3.00. The van der Waals surface area contributed by atoms with Gasteiger partial charge in [0.15, 0.2) is 5.78 Å². The maximum Gasteiger partial charge on any atom is 0.184 e. The second kappa shape index (κ2) is 6.18. The van der Waals surface area contributed by atoms with Crippen molar-refractivity contribution in [1.82, 2.24) is 4.98 Å². The van der Waals surface area contributed by atoms with E-state index in [4.69, 9.17) is 4.74 Å². The quantitative estimate of drug-likeness (QED) is 0.689. The van der Waals surface area contributed by atoms with Crippen LogP contribution >= 0.6 is 0 Å². The molecule has 0 amide bonds. The van der Waals surface area contributed by atoms with Crippen LogP contribution in [0.2, 0.25) is 0 Å². The maximum atomic E-state index is 11.7. The predicted octanol–water partition coefficient (Wildman–Crippen LogP) is 2.35. The van der Waals surface area contributed by atoms with E-state index in [9.17, 15) is 4.79 Å². The largest absolute Gasteiger partial charge is 0.370 e. The Bertz CT molecular complexity index is 348. The van der Waals surface area contributed by atoms with Gasteiger partial charge in [0, 0.05) is 24.9 Å². The molecular weight excluding hydrogens is 202 g/mol. The number of nitrogens with zero attached hydrogens (tertiary/aromatic N) is 1. The lowest BCUT2D eigenvalue weighted by atomic mass is 9.93. The van der Waals surface area contributed by atoms with Gasteiger partial charge in [-0.1, -0.05) is 13.5 Å². The monoisotopic (exact) mass is 219 g/mol. The van der Waals surface area contributed by atoms with Gasteiger partial charge in [0.2, 0.25) is 0 Å². The molecule has 0 saturated carbocycles. The van der Waals surface area contributed by atoms with Gasteiger partial charge in [-0.05, 0) is 30.7 Å². The summed E-state index contributed by atoms with van der Waals surface area (Å²) in [6, 6.07) is 3.79. The van der Waals surface area contributed by atoms with Crippen molar-refractivity contribution in [2.75, 3.05) is 6.61 Å². The highest BCUT2D eigenvalue weighted by Crippen LogP contribution is 2.21. The number of rotatable bonds is 6. The summed E-state index contributed by atoms with van der Waals surface area (Å²) in [5, 5.41) is 0. The molecule has 0 aliphatic heterocycles. The second-order valence-electron chi connectivity index (χ2n) is 3.55. The summed E-state index contributed by atoms with van der Waals surface area (Å²) in [5.74, 6) is -0.0698. The minimum absolute atomic E-state index is 0.00782. The first-order valence-corrected chi connectivity index (χ1v) is 5.38. The smallest absolute Gasteiger partial charge is 0.184 e. The van der Waals surface area contributed by atoms with Crippen molar-refractivity contribution >= 4 is 5.78 Å². The van der Waals surface area contributed by atoms with Crippen LogP contribution in [0, 0.1) is 0 Å². The number of carbonyl (C=O) groups excluding carboxylic acids is 1. The molecule has 1 aromatic rings. The molecule has 2 unspecified atom stereocenters. The van der Waals surface area contributed by atoms with Crippen LogP contribution in [0.15, 0.2) is 37.2 Å². The molecule has 1 rings (SSSR count). The zero-order chi connectivity index (χ0) is 12.0. The molecule has 0 radical (unpaired) electrons. The molecule has 0 aromatic carbocycles. The van der Waals surface area contributed by atoms with Gasteiger partial charge >= 0.3 is 0 Å². The van der Waals surface area contributed by atoms with Gasteiger partial charge in [-0.2, -0.15) is 0 Å². The van der Waals surface area contributed by atoms with Crippen molar-refractivity contribution in [3.63, 3.8) is 0 Å². The molecule has 0 bridgehead atoms. The van der Waals surface area contributed by atoms with Crippen LogP contribution in [0.3, 0.4) is 0 Å². The number of ketones is 1. The van der Waals surface area contributed by atoms with Crippen molar-refractivity contribution in [3.05, 3.63) is 42.7 Å². The summed E-state index contributed by atoms with van der Waals surface area (Å²) >= 11 is 0. The van der Waals surface area contributed by atoms with Gasteiger partial charge in [0.25, 0.3) is 0 Å². The van der Waals surface area contributed by atoms with E-state index in [1.165, 1.54) is 6.08 Å². The predicted molar refractivity (Wildman–Crippen MR) is 63.3 cm³/mol. The first kappa shape index (κ1) is 12.6. The van der Waals surface area contributed by atoms with Crippen LogP contribution < -0.4 is 0 Å². The van der Waals surface area contributed by atoms with Crippen molar-refractivity contribution in [3.8, 4) is 0 Å². The van der Waals surface area contributed by atoms with E-state index in [0.717, 1.165) is 5.56 Å². The summed E-state index contributed by atoms with van der Waals surface area (Å²) in [5.41, 5.74) is 1.05. The minimum atomic E-state index is -0.454. The lowest BCUT2D eigenvalue weighted by Crippen LogP contribution is -2.28. The number of carbonyl (C=O) groups is 1. The van der Waals surface area contributed by atoms with Crippen LogP contribution in [0.4, 0.5) is 0 Å². The molecule has 2 atom stereocenters. The average Bonchev–Trinajstić information content (AvgIpc) is 2.35. The Balaban J connectivity index is 2.86. The Kier molecular flexibility index (Phi) is 4.86. The van der Waals surface area contributed by atoms with Crippen molar-refractivity contribution < 1.29 is 9.53 Å². The fourth-order valence-corrected chi connectivity index (χ4v) is 1.61. The Morgan fingerprint density at radius 1 is 1.56 bits per heavy atom. The van der Waals surface area contributed by atoms with E-state index in [0.29, 0.717) is 6.61 Å². The van der Waals surface area contributed by atoms with Crippen molar-refractivity contribution in [2.24, 2.45) is 0 Å². The summed E-state index contributed by atoms with van der Waals surface area (Å²) < 4.78 is 5.47. The molecule has 0 saturated heterocycles. The van der Waals surface area contributed by atoms with Gasteiger partial charge in [0.1, 0.15) is 6.10 Å². The number of pyridine rings is 1. The highest BCUT2D eigenvalue weighted by molar-refractivity contribution is 5.93. The van der Waals surface area contributed by atoms with E-state index >= 15 is 0 Å². The molecule has 0 aliphatic rings. The van der Waals surface area contributed by atoms with E-state index in [2.05, 4.69) is 11.6 Å². The zero-order valence-corrected chi connectivity index (χ0v) is 9.72.